The van der Waals surface area contributed by atoms with E-state index in [0.717, 1.165) is 29.6 Å². The van der Waals surface area contributed by atoms with Crippen molar-refractivity contribution in [3.05, 3.63) is 30.5 Å². The minimum atomic E-state index is -0.866. The summed E-state index contributed by atoms with van der Waals surface area (Å²) in [5, 5.41) is 17.1. The number of aromatic nitrogens is 1. The molecule has 0 unspecified atom stereocenters. The fourth-order valence-corrected chi connectivity index (χ4v) is 3.05. The van der Waals surface area contributed by atoms with Gasteiger partial charge in [0.15, 0.2) is 0 Å². The monoisotopic (exact) mass is 331 g/mol. The molecule has 0 bridgehead atoms. The molecule has 0 spiro atoms. The maximum absolute atomic E-state index is 12.1. The minimum Gasteiger partial charge on any atom is -0.388 e. The zero-order valence-corrected chi connectivity index (χ0v) is 14.0. The third-order valence-electron chi connectivity index (χ3n) is 4.50. The van der Waals surface area contributed by atoms with E-state index in [1.807, 2.05) is 18.2 Å². The second-order valence-electron chi connectivity index (χ2n) is 6.43. The molecule has 1 aliphatic rings. The molecule has 1 saturated heterocycles. The number of aliphatic hydroxyl groups is 1. The van der Waals surface area contributed by atoms with Gasteiger partial charge in [0.1, 0.15) is 0 Å². The highest BCUT2D eigenvalue weighted by Gasteiger charge is 2.30. The van der Waals surface area contributed by atoms with Gasteiger partial charge in [-0.05, 0) is 30.0 Å². The third-order valence-corrected chi connectivity index (χ3v) is 4.50. The summed E-state index contributed by atoms with van der Waals surface area (Å²) in [5.41, 5.74) is 0.989. The van der Waals surface area contributed by atoms with E-state index in [2.05, 4.69) is 34.4 Å². The summed E-state index contributed by atoms with van der Waals surface area (Å²) in [6.07, 6.45) is 4.22. The van der Waals surface area contributed by atoms with E-state index in [0.29, 0.717) is 26.1 Å². The third kappa shape index (κ3) is 3.88. The van der Waals surface area contributed by atoms with E-state index < -0.39 is 5.60 Å². The number of benzene rings is 1. The van der Waals surface area contributed by atoms with E-state index >= 15 is 0 Å². The van der Waals surface area contributed by atoms with Gasteiger partial charge in [-0.2, -0.15) is 0 Å². The highest BCUT2D eigenvalue weighted by molar-refractivity contribution is 5.92. The van der Waals surface area contributed by atoms with Crippen LogP contribution in [0.4, 0.5) is 10.5 Å². The molecule has 0 saturated carbocycles. The molecule has 3 rings (SSSR count). The Morgan fingerprint density at radius 3 is 2.88 bits per heavy atom. The Balaban J connectivity index is 1.61. The standard InChI is InChI=1S/C18H25N3O3/c1-2-8-21-9-5-14-3-4-15(12-16(14)21)20-17(22)19-13-18(23)6-10-24-11-7-18/h3-5,9,12,23H,2,6-8,10-11,13H2,1H3,(H2,19,20,22). The first-order chi connectivity index (χ1) is 11.6. The van der Waals surface area contributed by atoms with Gasteiger partial charge in [-0.3, -0.25) is 0 Å². The van der Waals surface area contributed by atoms with Crippen molar-refractivity contribution < 1.29 is 14.6 Å². The van der Waals surface area contributed by atoms with Gasteiger partial charge in [-0.1, -0.05) is 13.0 Å². The molecule has 1 aromatic carbocycles. The summed E-state index contributed by atoms with van der Waals surface area (Å²) < 4.78 is 7.42. The lowest BCUT2D eigenvalue weighted by atomic mass is 9.94. The van der Waals surface area contributed by atoms with E-state index in [1.54, 1.807) is 0 Å². The maximum Gasteiger partial charge on any atom is 0.319 e. The minimum absolute atomic E-state index is 0.233. The zero-order chi connectivity index (χ0) is 17.0. The van der Waals surface area contributed by atoms with Crippen LogP contribution >= 0.6 is 0 Å². The Labute approximate surface area is 141 Å². The molecule has 3 N–H and O–H groups in total. The van der Waals surface area contributed by atoms with E-state index in [-0.39, 0.29) is 12.6 Å². The number of amides is 2. The normalized spacial score (nSPS) is 16.9. The Morgan fingerprint density at radius 1 is 1.33 bits per heavy atom. The van der Waals surface area contributed by atoms with Crippen molar-refractivity contribution in [1.29, 1.82) is 0 Å². The fourth-order valence-electron chi connectivity index (χ4n) is 3.05. The molecule has 6 nitrogen and oxygen atoms in total. The topological polar surface area (TPSA) is 75.5 Å². The van der Waals surface area contributed by atoms with Crippen molar-refractivity contribution in [2.24, 2.45) is 0 Å². The second-order valence-corrected chi connectivity index (χ2v) is 6.43. The molecule has 2 amide bonds. The molecule has 1 aliphatic heterocycles. The van der Waals surface area contributed by atoms with Crippen LogP contribution in [0.1, 0.15) is 26.2 Å². The molecular weight excluding hydrogens is 306 g/mol. The number of hydrogen-bond acceptors (Lipinski definition) is 3. The summed E-state index contributed by atoms with van der Waals surface area (Å²) in [4.78, 5) is 12.1. The number of fused-ring (bicyclic) bond motifs is 1. The van der Waals surface area contributed by atoms with Crippen LogP contribution in [0.2, 0.25) is 0 Å². The van der Waals surface area contributed by atoms with Crippen LogP contribution in [0.15, 0.2) is 30.5 Å². The van der Waals surface area contributed by atoms with Crippen LogP contribution in [0.25, 0.3) is 10.9 Å². The van der Waals surface area contributed by atoms with Crippen LogP contribution in [0, 0.1) is 0 Å². The average molecular weight is 331 g/mol. The Bertz CT molecular complexity index is 705. The van der Waals surface area contributed by atoms with Gasteiger partial charge in [0.2, 0.25) is 0 Å². The van der Waals surface area contributed by atoms with Crippen LogP contribution in [-0.2, 0) is 11.3 Å². The van der Waals surface area contributed by atoms with Gasteiger partial charge >= 0.3 is 6.03 Å². The number of carbonyl (C=O) groups is 1. The number of carbonyl (C=O) groups excluding carboxylic acids is 1. The lowest BCUT2D eigenvalue weighted by Gasteiger charge is -2.32. The van der Waals surface area contributed by atoms with Crippen molar-refractivity contribution in [2.45, 2.75) is 38.3 Å². The molecule has 0 aliphatic carbocycles. The van der Waals surface area contributed by atoms with Gasteiger partial charge in [0.25, 0.3) is 0 Å². The van der Waals surface area contributed by atoms with Crippen LogP contribution in [0.5, 0.6) is 0 Å². The fraction of sp³-hybridized carbons (Fsp3) is 0.500. The zero-order valence-electron chi connectivity index (χ0n) is 14.0. The molecular formula is C18H25N3O3. The summed E-state index contributed by atoms with van der Waals surface area (Å²) >= 11 is 0. The number of nitrogens with one attached hydrogen (secondary N) is 2. The maximum atomic E-state index is 12.1. The number of hydrogen-bond donors (Lipinski definition) is 3. The van der Waals surface area contributed by atoms with Crippen molar-refractivity contribution in [3.63, 3.8) is 0 Å². The number of aryl methyl sites for hydroxylation is 1. The molecule has 24 heavy (non-hydrogen) atoms. The van der Waals surface area contributed by atoms with E-state index in [1.165, 1.54) is 0 Å². The average Bonchev–Trinajstić information content (AvgIpc) is 2.97. The Hall–Kier alpha value is -2.05. The van der Waals surface area contributed by atoms with Crippen molar-refractivity contribution in [2.75, 3.05) is 25.1 Å². The first-order valence-electron chi connectivity index (χ1n) is 8.53. The number of nitrogens with zero attached hydrogens (tertiary/aromatic N) is 1. The molecule has 2 aromatic rings. The predicted molar refractivity (Wildman–Crippen MR) is 94.3 cm³/mol. The number of rotatable bonds is 5. The molecule has 0 atom stereocenters. The largest absolute Gasteiger partial charge is 0.388 e. The molecule has 130 valence electrons. The number of urea groups is 1. The van der Waals surface area contributed by atoms with Gasteiger partial charge in [0.05, 0.1) is 11.1 Å². The molecule has 1 fully saturated rings. The van der Waals surface area contributed by atoms with Crippen LogP contribution in [-0.4, -0.2) is 41.1 Å². The first kappa shape index (κ1) is 16.8. The summed E-state index contributed by atoms with van der Waals surface area (Å²) in [6, 6.07) is 7.65. The number of ether oxygens (including phenoxy) is 1. The Morgan fingerprint density at radius 2 is 2.12 bits per heavy atom. The second kappa shape index (κ2) is 7.23. The summed E-state index contributed by atoms with van der Waals surface area (Å²) in [5.74, 6) is 0. The predicted octanol–water partition coefficient (Wildman–Crippen LogP) is 2.71. The van der Waals surface area contributed by atoms with Crippen molar-refractivity contribution in [3.8, 4) is 0 Å². The van der Waals surface area contributed by atoms with Gasteiger partial charge in [0, 0.05) is 51.0 Å². The Kier molecular flexibility index (Phi) is 5.06. The SMILES string of the molecule is CCCn1ccc2ccc(NC(=O)NCC3(O)CCOCC3)cc21. The molecule has 0 radical (unpaired) electrons. The summed E-state index contributed by atoms with van der Waals surface area (Å²) in [7, 11) is 0. The van der Waals surface area contributed by atoms with Crippen LogP contribution < -0.4 is 10.6 Å². The molecule has 2 heterocycles. The van der Waals surface area contributed by atoms with E-state index in [4.69, 9.17) is 4.74 Å². The lowest BCUT2D eigenvalue weighted by molar-refractivity contribution is -0.0598. The molecule has 6 heteroatoms. The number of anilines is 1. The van der Waals surface area contributed by atoms with Gasteiger partial charge in [-0.25, -0.2) is 4.79 Å². The van der Waals surface area contributed by atoms with E-state index in [9.17, 15) is 9.90 Å². The van der Waals surface area contributed by atoms with Gasteiger partial charge < -0.3 is 25.0 Å². The smallest absolute Gasteiger partial charge is 0.319 e. The lowest BCUT2D eigenvalue weighted by Crippen LogP contribution is -2.47. The van der Waals surface area contributed by atoms with Crippen LogP contribution in [0.3, 0.4) is 0 Å². The van der Waals surface area contributed by atoms with Crippen molar-refractivity contribution >= 4 is 22.6 Å². The van der Waals surface area contributed by atoms with Crippen molar-refractivity contribution in [1.82, 2.24) is 9.88 Å². The highest BCUT2D eigenvalue weighted by Crippen LogP contribution is 2.21. The first-order valence-corrected chi connectivity index (χ1v) is 8.53. The summed E-state index contributed by atoms with van der Waals surface area (Å²) in [6.45, 7) is 4.39. The highest BCUT2D eigenvalue weighted by atomic mass is 16.5. The van der Waals surface area contributed by atoms with Gasteiger partial charge in [-0.15, -0.1) is 0 Å². The molecule has 1 aromatic heterocycles. The quantitative estimate of drug-likeness (QED) is 0.788.